The van der Waals surface area contributed by atoms with E-state index < -0.39 is 0 Å². The summed E-state index contributed by atoms with van der Waals surface area (Å²) in [6, 6.07) is 4.26. The van der Waals surface area contributed by atoms with Crippen LogP contribution >= 0.6 is 0 Å². The van der Waals surface area contributed by atoms with Gasteiger partial charge in [0, 0.05) is 46.0 Å². The zero-order valence-corrected chi connectivity index (χ0v) is 15.2. The Labute approximate surface area is 145 Å². The van der Waals surface area contributed by atoms with E-state index in [1.165, 1.54) is 12.8 Å². The SMILES string of the molecule is CCOCCNC(=NC)NCc1ccc(N2CCC(C)CC2)nc1. The number of nitrogens with zero attached hydrogens (tertiary/aromatic N) is 3. The van der Waals surface area contributed by atoms with E-state index in [0.29, 0.717) is 13.2 Å². The summed E-state index contributed by atoms with van der Waals surface area (Å²) < 4.78 is 5.31. The van der Waals surface area contributed by atoms with Crippen molar-refractivity contribution in [3.8, 4) is 0 Å². The van der Waals surface area contributed by atoms with Gasteiger partial charge < -0.3 is 20.3 Å². The number of aromatic nitrogens is 1. The maximum Gasteiger partial charge on any atom is 0.191 e. The smallest absolute Gasteiger partial charge is 0.191 e. The fraction of sp³-hybridized carbons (Fsp3) is 0.667. The van der Waals surface area contributed by atoms with Gasteiger partial charge in [-0.2, -0.15) is 0 Å². The van der Waals surface area contributed by atoms with Crippen LogP contribution in [0.4, 0.5) is 5.82 Å². The molecule has 0 saturated carbocycles. The highest BCUT2D eigenvalue weighted by atomic mass is 16.5. The Morgan fingerprint density at radius 2 is 2.12 bits per heavy atom. The summed E-state index contributed by atoms with van der Waals surface area (Å²) in [7, 11) is 1.77. The number of nitrogens with one attached hydrogen (secondary N) is 2. The van der Waals surface area contributed by atoms with Crippen LogP contribution < -0.4 is 15.5 Å². The first-order valence-electron chi connectivity index (χ1n) is 8.95. The molecule has 2 rings (SSSR count). The van der Waals surface area contributed by atoms with E-state index >= 15 is 0 Å². The highest BCUT2D eigenvalue weighted by Crippen LogP contribution is 2.21. The van der Waals surface area contributed by atoms with E-state index in [2.05, 4.69) is 44.6 Å². The molecule has 0 amide bonds. The van der Waals surface area contributed by atoms with Crippen LogP contribution in [0.2, 0.25) is 0 Å². The summed E-state index contributed by atoms with van der Waals surface area (Å²) in [4.78, 5) is 11.2. The molecule has 1 aliphatic heterocycles. The third-order valence-electron chi connectivity index (χ3n) is 4.34. The van der Waals surface area contributed by atoms with Crippen LogP contribution in [0, 0.1) is 5.92 Å². The lowest BCUT2D eigenvalue weighted by atomic mass is 9.99. The average molecular weight is 333 g/mol. The first kappa shape index (κ1) is 18.5. The third kappa shape index (κ3) is 6.00. The number of aliphatic imine (C=N–C) groups is 1. The number of pyridine rings is 1. The van der Waals surface area contributed by atoms with Gasteiger partial charge in [-0.3, -0.25) is 4.99 Å². The first-order valence-corrected chi connectivity index (χ1v) is 8.95. The molecule has 134 valence electrons. The molecule has 0 bridgehead atoms. The predicted molar refractivity (Wildman–Crippen MR) is 99.5 cm³/mol. The minimum Gasteiger partial charge on any atom is -0.380 e. The normalized spacial score (nSPS) is 16.3. The van der Waals surface area contributed by atoms with Crippen molar-refractivity contribution in [2.75, 3.05) is 44.8 Å². The number of hydrogen-bond donors (Lipinski definition) is 2. The van der Waals surface area contributed by atoms with Gasteiger partial charge in [-0.25, -0.2) is 4.98 Å². The van der Waals surface area contributed by atoms with Crippen LogP contribution in [-0.4, -0.2) is 50.8 Å². The fourth-order valence-electron chi connectivity index (χ4n) is 2.74. The molecule has 2 heterocycles. The van der Waals surface area contributed by atoms with Gasteiger partial charge in [-0.05, 0) is 37.3 Å². The van der Waals surface area contributed by atoms with Crippen molar-refractivity contribution in [2.24, 2.45) is 10.9 Å². The Morgan fingerprint density at radius 3 is 2.75 bits per heavy atom. The zero-order valence-electron chi connectivity index (χ0n) is 15.2. The Hall–Kier alpha value is -1.82. The van der Waals surface area contributed by atoms with Crippen molar-refractivity contribution in [2.45, 2.75) is 33.2 Å². The molecule has 2 N–H and O–H groups in total. The lowest BCUT2D eigenvalue weighted by molar-refractivity contribution is 0.152. The summed E-state index contributed by atoms with van der Waals surface area (Å²) in [5, 5.41) is 6.52. The maximum atomic E-state index is 5.31. The van der Waals surface area contributed by atoms with E-state index in [9.17, 15) is 0 Å². The number of anilines is 1. The number of rotatable bonds is 7. The lowest BCUT2D eigenvalue weighted by Gasteiger charge is -2.31. The summed E-state index contributed by atoms with van der Waals surface area (Å²) in [5.41, 5.74) is 1.15. The molecular formula is C18H31N5O. The van der Waals surface area contributed by atoms with Gasteiger partial charge in [0.1, 0.15) is 5.82 Å². The standard InChI is InChI=1S/C18H31N5O/c1-4-24-12-9-20-18(19-3)22-14-16-5-6-17(21-13-16)23-10-7-15(2)8-11-23/h5-6,13,15H,4,7-12,14H2,1-3H3,(H2,19,20,22). The van der Waals surface area contributed by atoms with Gasteiger partial charge in [-0.15, -0.1) is 0 Å². The highest BCUT2D eigenvalue weighted by molar-refractivity contribution is 5.79. The van der Waals surface area contributed by atoms with Gasteiger partial charge in [0.25, 0.3) is 0 Å². The van der Waals surface area contributed by atoms with Gasteiger partial charge in [0.2, 0.25) is 0 Å². The minimum atomic E-state index is 0.682. The molecule has 6 heteroatoms. The van der Waals surface area contributed by atoms with Crippen LogP contribution in [0.3, 0.4) is 0 Å². The van der Waals surface area contributed by atoms with Crippen molar-refractivity contribution >= 4 is 11.8 Å². The fourth-order valence-corrected chi connectivity index (χ4v) is 2.74. The first-order chi connectivity index (χ1) is 11.7. The number of ether oxygens (including phenoxy) is 1. The van der Waals surface area contributed by atoms with Gasteiger partial charge in [0.05, 0.1) is 6.61 Å². The molecule has 1 aromatic heterocycles. The molecular weight excluding hydrogens is 302 g/mol. The van der Waals surface area contributed by atoms with E-state index in [1.54, 1.807) is 7.05 Å². The lowest BCUT2D eigenvalue weighted by Crippen LogP contribution is -2.38. The molecule has 1 fully saturated rings. The van der Waals surface area contributed by atoms with Crippen LogP contribution in [0.5, 0.6) is 0 Å². The van der Waals surface area contributed by atoms with E-state index in [0.717, 1.165) is 49.5 Å². The van der Waals surface area contributed by atoms with E-state index in [4.69, 9.17) is 4.74 Å². The predicted octanol–water partition coefficient (Wildman–Crippen LogP) is 2.02. The molecule has 0 aliphatic carbocycles. The molecule has 1 saturated heterocycles. The summed E-state index contributed by atoms with van der Waals surface area (Å²) in [5.74, 6) is 2.71. The topological polar surface area (TPSA) is 61.8 Å². The second-order valence-electron chi connectivity index (χ2n) is 6.24. The minimum absolute atomic E-state index is 0.682. The van der Waals surface area contributed by atoms with Crippen LogP contribution in [-0.2, 0) is 11.3 Å². The molecule has 0 unspecified atom stereocenters. The van der Waals surface area contributed by atoms with Gasteiger partial charge in [0.15, 0.2) is 5.96 Å². The zero-order chi connectivity index (χ0) is 17.2. The largest absolute Gasteiger partial charge is 0.380 e. The molecule has 24 heavy (non-hydrogen) atoms. The molecule has 0 spiro atoms. The third-order valence-corrected chi connectivity index (χ3v) is 4.34. The van der Waals surface area contributed by atoms with Gasteiger partial charge >= 0.3 is 0 Å². The van der Waals surface area contributed by atoms with Crippen LogP contribution in [0.1, 0.15) is 32.3 Å². The maximum absolute atomic E-state index is 5.31. The number of piperidine rings is 1. The van der Waals surface area contributed by atoms with E-state index in [-0.39, 0.29) is 0 Å². The highest BCUT2D eigenvalue weighted by Gasteiger charge is 2.16. The van der Waals surface area contributed by atoms with Crippen molar-refractivity contribution < 1.29 is 4.74 Å². The quantitative estimate of drug-likeness (QED) is 0.454. The Morgan fingerprint density at radius 1 is 1.33 bits per heavy atom. The molecule has 0 atom stereocenters. The second-order valence-corrected chi connectivity index (χ2v) is 6.24. The molecule has 1 aliphatic rings. The summed E-state index contributed by atoms with van der Waals surface area (Å²) >= 11 is 0. The molecule has 1 aromatic rings. The van der Waals surface area contributed by atoms with Crippen molar-refractivity contribution in [1.29, 1.82) is 0 Å². The number of guanidine groups is 1. The van der Waals surface area contributed by atoms with Crippen LogP contribution in [0.15, 0.2) is 23.3 Å². The Kier molecular flexibility index (Phi) is 7.82. The van der Waals surface area contributed by atoms with Crippen LogP contribution in [0.25, 0.3) is 0 Å². The van der Waals surface area contributed by atoms with Crippen molar-refractivity contribution in [3.05, 3.63) is 23.9 Å². The van der Waals surface area contributed by atoms with Gasteiger partial charge in [-0.1, -0.05) is 13.0 Å². The van der Waals surface area contributed by atoms with Crippen molar-refractivity contribution in [1.82, 2.24) is 15.6 Å². The second kappa shape index (κ2) is 10.1. The Bertz CT molecular complexity index is 495. The summed E-state index contributed by atoms with van der Waals surface area (Å²) in [6.45, 7) is 9.42. The molecule has 0 radical (unpaired) electrons. The summed E-state index contributed by atoms with van der Waals surface area (Å²) in [6.07, 6.45) is 4.47. The molecule has 6 nitrogen and oxygen atoms in total. The Balaban J connectivity index is 1.76. The van der Waals surface area contributed by atoms with Crippen molar-refractivity contribution in [3.63, 3.8) is 0 Å². The number of hydrogen-bond acceptors (Lipinski definition) is 4. The molecule has 0 aromatic carbocycles. The average Bonchev–Trinajstić information content (AvgIpc) is 2.62. The van der Waals surface area contributed by atoms with E-state index in [1.807, 2.05) is 13.1 Å². The monoisotopic (exact) mass is 333 g/mol.